The molecule has 1 aliphatic carbocycles. The Hall–Kier alpha value is -1.32. The van der Waals surface area contributed by atoms with E-state index in [1.54, 1.807) is 0 Å². The summed E-state index contributed by atoms with van der Waals surface area (Å²) in [5, 5.41) is 3.41. The summed E-state index contributed by atoms with van der Waals surface area (Å²) in [4.78, 5) is 2.52. The lowest BCUT2D eigenvalue weighted by molar-refractivity contribution is 0.233. The molecule has 3 heteroatoms. The largest absolute Gasteiger partial charge is 0.398 e. The second-order valence-electron chi connectivity index (χ2n) is 7.55. The number of benzene rings is 1. The fourth-order valence-electron chi connectivity index (χ4n) is 3.43. The Balaban J connectivity index is 1.76. The molecule has 0 bridgehead atoms. The van der Waals surface area contributed by atoms with Crippen molar-refractivity contribution in [2.45, 2.75) is 39.7 Å². The molecule has 1 heterocycles. The van der Waals surface area contributed by atoms with Gasteiger partial charge in [0.15, 0.2) is 0 Å². The van der Waals surface area contributed by atoms with E-state index in [2.05, 4.69) is 48.3 Å². The SMILES string of the molecule is CC1(C)CC=C(c2cc(CN3CCNCC3)ccc2N)CC1. The monoisotopic (exact) mass is 299 g/mol. The first kappa shape index (κ1) is 15.6. The van der Waals surface area contributed by atoms with Crippen LogP contribution in [0.1, 0.15) is 44.2 Å². The van der Waals surface area contributed by atoms with Crippen molar-refractivity contribution in [2.24, 2.45) is 5.41 Å². The lowest BCUT2D eigenvalue weighted by atomic mass is 9.77. The molecule has 3 rings (SSSR count). The van der Waals surface area contributed by atoms with Gasteiger partial charge in [-0.1, -0.05) is 26.0 Å². The standard InChI is InChI=1S/C19H29N3/c1-19(2)7-5-16(6-8-19)17-13-15(3-4-18(17)20)14-22-11-9-21-10-12-22/h3-5,13,21H,6-12,14,20H2,1-2H3. The van der Waals surface area contributed by atoms with Gasteiger partial charge < -0.3 is 11.1 Å². The third kappa shape index (κ3) is 3.71. The van der Waals surface area contributed by atoms with E-state index in [1.165, 1.54) is 23.1 Å². The summed E-state index contributed by atoms with van der Waals surface area (Å²) in [5.74, 6) is 0. The van der Waals surface area contributed by atoms with E-state index in [9.17, 15) is 0 Å². The van der Waals surface area contributed by atoms with Crippen LogP contribution in [0.15, 0.2) is 24.3 Å². The molecular weight excluding hydrogens is 270 g/mol. The number of nitrogens with zero attached hydrogens (tertiary/aromatic N) is 1. The highest BCUT2D eigenvalue weighted by molar-refractivity contribution is 5.76. The predicted octanol–water partition coefficient (Wildman–Crippen LogP) is 3.27. The number of allylic oxidation sites excluding steroid dienone is 2. The van der Waals surface area contributed by atoms with Crippen LogP contribution >= 0.6 is 0 Å². The van der Waals surface area contributed by atoms with Gasteiger partial charge in [-0.05, 0) is 47.9 Å². The molecule has 0 amide bonds. The molecule has 0 unspecified atom stereocenters. The van der Waals surface area contributed by atoms with Crippen LogP contribution in [-0.4, -0.2) is 31.1 Å². The van der Waals surface area contributed by atoms with Crippen molar-refractivity contribution in [3.8, 4) is 0 Å². The second kappa shape index (κ2) is 6.43. The van der Waals surface area contributed by atoms with E-state index in [-0.39, 0.29) is 0 Å². The first-order chi connectivity index (χ1) is 10.5. The van der Waals surface area contributed by atoms with Gasteiger partial charge in [0.2, 0.25) is 0 Å². The predicted molar refractivity (Wildman–Crippen MR) is 94.6 cm³/mol. The van der Waals surface area contributed by atoms with Crippen molar-refractivity contribution in [1.82, 2.24) is 10.2 Å². The van der Waals surface area contributed by atoms with Gasteiger partial charge in [0.1, 0.15) is 0 Å². The summed E-state index contributed by atoms with van der Waals surface area (Å²) < 4.78 is 0. The van der Waals surface area contributed by atoms with Gasteiger partial charge in [-0.25, -0.2) is 0 Å². The minimum absolute atomic E-state index is 0.441. The molecule has 1 fully saturated rings. The maximum Gasteiger partial charge on any atom is 0.0390 e. The molecule has 1 aromatic rings. The van der Waals surface area contributed by atoms with Crippen molar-refractivity contribution < 1.29 is 0 Å². The zero-order valence-corrected chi connectivity index (χ0v) is 14.0. The van der Waals surface area contributed by atoms with Crippen LogP contribution < -0.4 is 11.1 Å². The number of hydrogen-bond donors (Lipinski definition) is 2. The molecule has 1 aromatic carbocycles. The Kier molecular flexibility index (Phi) is 4.55. The zero-order chi connectivity index (χ0) is 15.6. The van der Waals surface area contributed by atoms with E-state index in [4.69, 9.17) is 5.73 Å². The number of piperazine rings is 1. The van der Waals surface area contributed by atoms with E-state index in [0.29, 0.717) is 5.41 Å². The molecule has 2 aliphatic rings. The van der Waals surface area contributed by atoms with Gasteiger partial charge in [0.25, 0.3) is 0 Å². The summed E-state index contributed by atoms with van der Waals surface area (Å²) in [6.07, 6.45) is 5.96. The molecule has 0 aromatic heterocycles. The van der Waals surface area contributed by atoms with Gasteiger partial charge in [-0.3, -0.25) is 4.90 Å². The van der Waals surface area contributed by atoms with Gasteiger partial charge >= 0.3 is 0 Å². The molecule has 0 saturated carbocycles. The maximum absolute atomic E-state index is 6.26. The quantitative estimate of drug-likeness (QED) is 0.842. The maximum atomic E-state index is 6.26. The molecule has 22 heavy (non-hydrogen) atoms. The normalized spacial score (nSPS) is 22.4. The van der Waals surface area contributed by atoms with E-state index >= 15 is 0 Å². The van der Waals surface area contributed by atoms with Crippen molar-refractivity contribution in [3.05, 3.63) is 35.4 Å². The highest BCUT2D eigenvalue weighted by atomic mass is 15.2. The third-order valence-electron chi connectivity index (χ3n) is 5.05. The number of nitrogens with one attached hydrogen (secondary N) is 1. The van der Waals surface area contributed by atoms with E-state index in [1.807, 2.05) is 0 Å². The minimum Gasteiger partial charge on any atom is -0.398 e. The first-order valence-electron chi connectivity index (χ1n) is 8.54. The molecule has 3 N–H and O–H groups in total. The Bertz CT molecular complexity index is 554. The summed E-state index contributed by atoms with van der Waals surface area (Å²) in [7, 11) is 0. The molecule has 3 nitrogen and oxygen atoms in total. The van der Waals surface area contributed by atoms with Crippen molar-refractivity contribution >= 4 is 11.3 Å². The van der Waals surface area contributed by atoms with E-state index in [0.717, 1.165) is 51.3 Å². The molecule has 0 atom stereocenters. The fourth-order valence-corrected chi connectivity index (χ4v) is 3.43. The number of anilines is 1. The Morgan fingerprint density at radius 3 is 2.68 bits per heavy atom. The Labute approximate surface area is 134 Å². The van der Waals surface area contributed by atoms with Crippen LogP contribution in [0.4, 0.5) is 5.69 Å². The molecular formula is C19H29N3. The molecule has 120 valence electrons. The summed E-state index contributed by atoms with van der Waals surface area (Å²) >= 11 is 0. The van der Waals surface area contributed by atoms with Gasteiger partial charge in [-0.2, -0.15) is 0 Å². The van der Waals surface area contributed by atoms with Crippen LogP contribution in [0.25, 0.3) is 5.57 Å². The minimum atomic E-state index is 0.441. The molecule has 1 aliphatic heterocycles. The fraction of sp³-hybridized carbons (Fsp3) is 0.579. The third-order valence-corrected chi connectivity index (χ3v) is 5.05. The lowest BCUT2D eigenvalue weighted by Crippen LogP contribution is -2.42. The second-order valence-corrected chi connectivity index (χ2v) is 7.55. The van der Waals surface area contributed by atoms with E-state index < -0.39 is 0 Å². The van der Waals surface area contributed by atoms with Crippen LogP contribution in [0, 0.1) is 5.41 Å². The van der Waals surface area contributed by atoms with Gasteiger partial charge in [-0.15, -0.1) is 0 Å². The molecule has 0 radical (unpaired) electrons. The summed E-state index contributed by atoms with van der Waals surface area (Å²) in [6, 6.07) is 6.60. The highest BCUT2D eigenvalue weighted by Gasteiger charge is 2.23. The average molecular weight is 299 g/mol. The van der Waals surface area contributed by atoms with Crippen LogP contribution in [-0.2, 0) is 6.54 Å². The lowest BCUT2D eigenvalue weighted by Gasteiger charge is -2.30. The van der Waals surface area contributed by atoms with Crippen LogP contribution in [0.3, 0.4) is 0 Å². The smallest absolute Gasteiger partial charge is 0.0390 e. The first-order valence-corrected chi connectivity index (χ1v) is 8.54. The Morgan fingerprint density at radius 2 is 2.00 bits per heavy atom. The molecule has 0 spiro atoms. The molecule has 1 saturated heterocycles. The number of nitrogens with two attached hydrogens (primary N) is 1. The number of rotatable bonds is 3. The van der Waals surface area contributed by atoms with Gasteiger partial charge in [0, 0.05) is 44.0 Å². The number of hydrogen-bond acceptors (Lipinski definition) is 3. The Morgan fingerprint density at radius 1 is 1.23 bits per heavy atom. The number of nitrogen functional groups attached to an aromatic ring is 1. The van der Waals surface area contributed by atoms with Crippen LogP contribution in [0.5, 0.6) is 0 Å². The van der Waals surface area contributed by atoms with Crippen molar-refractivity contribution in [3.63, 3.8) is 0 Å². The van der Waals surface area contributed by atoms with Gasteiger partial charge in [0.05, 0.1) is 0 Å². The highest BCUT2D eigenvalue weighted by Crippen LogP contribution is 2.39. The zero-order valence-electron chi connectivity index (χ0n) is 14.0. The van der Waals surface area contributed by atoms with Crippen molar-refractivity contribution in [1.29, 1.82) is 0 Å². The van der Waals surface area contributed by atoms with Crippen molar-refractivity contribution in [2.75, 3.05) is 31.9 Å². The van der Waals surface area contributed by atoms with Crippen LogP contribution in [0.2, 0.25) is 0 Å². The summed E-state index contributed by atoms with van der Waals surface area (Å²) in [6.45, 7) is 10.2. The average Bonchev–Trinajstić information content (AvgIpc) is 2.51. The topological polar surface area (TPSA) is 41.3 Å². The summed E-state index contributed by atoms with van der Waals surface area (Å²) in [5.41, 5.74) is 11.7.